The fourth-order valence-corrected chi connectivity index (χ4v) is 10.1. The number of hydrogen-bond acceptors (Lipinski definition) is 4. The summed E-state index contributed by atoms with van der Waals surface area (Å²) in [6.07, 6.45) is 12.5. The smallest absolute Gasteiger partial charge is 0.129 e. The van der Waals surface area contributed by atoms with Crippen LogP contribution >= 0.6 is 11.6 Å². The Morgan fingerprint density at radius 2 is 1.89 bits per heavy atom. The summed E-state index contributed by atoms with van der Waals surface area (Å²) in [6, 6.07) is 5.84. The van der Waals surface area contributed by atoms with Crippen molar-refractivity contribution in [3.63, 3.8) is 0 Å². The van der Waals surface area contributed by atoms with Crippen molar-refractivity contribution < 1.29 is 10.2 Å². The molecule has 0 saturated heterocycles. The second kappa shape index (κ2) is 9.20. The second-order valence-corrected chi connectivity index (χ2v) is 13.8. The van der Waals surface area contributed by atoms with E-state index in [1.165, 1.54) is 25.7 Å². The van der Waals surface area contributed by atoms with Crippen molar-refractivity contribution in [2.75, 3.05) is 0 Å². The second-order valence-electron chi connectivity index (χ2n) is 13.4. The fraction of sp³-hybridized carbons (Fsp3) is 0.742. The molecule has 1 aromatic heterocycles. The third kappa shape index (κ3) is 3.84. The van der Waals surface area contributed by atoms with Gasteiger partial charge in [0.25, 0.3) is 0 Å². The van der Waals surface area contributed by atoms with Crippen LogP contribution in [0.5, 0.6) is 0 Å². The summed E-state index contributed by atoms with van der Waals surface area (Å²) in [5.74, 6) is 4.54. The number of rotatable bonds is 4. The number of nitrogens with zero attached hydrogens (tertiary/aromatic N) is 2. The van der Waals surface area contributed by atoms with Gasteiger partial charge in [0.1, 0.15) is 5.82 Å². The standard InChI is InChI=1S/C31H43ClN2O2/c1-18(7-12-28-33-17-19-5-4-6-26(32)29(19)34-28)23-10-11-24-22-9-8-20-15-21(35)13-14-30(20,2)25(22)16-27(36)31(23,24)3/h4-6,17-18,20-25,27,35-36H,7-16H2,1-3H3/t18-,20-,21-,22+,23-,24+,25?,27+,30+,31-/m1/s1. The van der Waals surface area contributed by atoms with Gasteiger partial charge in [-0.2, -0.15) is 0 Å². The Bertz CT molecular complexity index is 1120. The maximum absolute atomic E-state index is 11.8. The van der Waals surface area contributed by atoms with E-state index in [0.29, 0.717) is 40.0 Å². The zero-order valence-corrected chi connectivity index (χ0v) is 22.9. The number of aromatic nitrogens is 2. The Kier molecular flexibility index (Phi) is 6.41. The highest BCUT2D eigenvalue weighted by Gasteiger charge is 2.63. The van der Waals surface area contributed by atoms with Crippen molar-refractivity contribution in [3.8, 4) is 0 Å². The highest BCUT2D eigenvalue weighted by molar-refractivity contribution is 6.34. The van der Waals surface area contributed by atoms with Gasteiger partial charge in [0.05, 0.1) is 22.7 Å². The summed E-state index contributed by atoms with van der Waals surface area (Å²) in [6.45, 7) is 7.32. The van der Waals surface area contributed by atoms with Gasteiger partial charge in [-0.3, -0.25) is 0 Å². The first kappa shape index (κ1) is 25.1. The van der Waals surface area contributed by atoms with E-state index >= 15 is 0 Å². The molecular weight excluding hydrogens is 468 g/mol. The van der Waals surface area contributed by atoms with Crippen molar-refractivity contribution in [2.45, 2.75) is 97.2 Å². The van der Waals surface area contributed by atoms with Crippen molar-refractivity contribution in [1.29, 1.82) is 0 Å². The molecule has 4 aliphatic rings. The van der Waals surface area contributed by atoms with Crippen LogP contribution in [0.3, 0.4) is 0 Å². The number of benzene rings is 1. The lowest BCUT2D eigenvalue weighted by molar-refractivity contribution is -0.174. The molecule has 0 aliphatic heterocycles. The van der Waals surface area contributed by atoms with Crippen LogP contribution in [0, 0.1) is 46.3 Å². The third-order valence-electron chi connectivity index (χ3n) is 11.9. The molecule has 0 radical (unpaired) electrons. The largest absolute Gasteiger partial charge is 0.393 e. The highest BCUT2D eigenvalue weighted by Crippen LogP contribution is 2.68. The van der Waals surface area contributed by atoms with Gasteiger partial charge in [-0.05, 0) is 110 Å². The zero-order valence-electron chi connectivity index (χ0n) is 22.2. The molecule has 196 valence electrons. The predicted octanol–water partition coefficient (Wildman–Crippen LogP) is 6.84. The van der Waals surface area contributed by atoms with Gasteiger partial charge in [0.2, 0.25) is 0 Å². The minimum absolute atomic E-state index is 0.00547. The molecule has 6 rings (SSSR count). The molecule has 4 fully saturated rings. The molecule has 0 amide bonds. The first-order valence-electron chi connectivity index (χ1n) is 14.5. The van der Waals surface area contributed by atoms with E-state index in [4.69, 9.17) is 16.6 Å². The van der Waals surface area contributed by atoms with Crippen LogP contribution in [0.4, 0.5) is 0 Å². The molecule has 36 heavy (non-hydrogen) atoms. The van der Waals surface area contributed by atoms with E-state index in [2.05, 4.69) is 25.8 Å². The van der Waals surface area contributed by atoms with E-state index in [1.54, 1.807) is 0 Å². The fourth-order valence-electron chi connectivity index (χ4n) is 9.89. The quantitative estimate of drug-likeness (QED) is 0.472. The molecule has 2 aromatic rings. The average Bonchev–Trinajstić information content (AvgIpc) is 3.23. The van der Waals surface area contributed by atoms with Crippen molar-refractivity contribution in [1.82, 2.24) is 9.97 Å². The molecule has 0 spiro atoms. The van der Waals surface area contributed by atoms with Crippen LogP contribution in [0.15, 0.2) is 24.4 Å². The van der Waals surface area contributed by atoms with Gasteiger partial charge in [-0.1, -0.05) is 44.5 Å². The Hall–Kier alpha value is -1.23. The number of para-hydroxylation sites is 1. The van der Waals surface area contributed by atoms with Crippen molar-refractivity contribution in [2.24, 2.45) is 46.3 Å². The van der Waals surface area contributed by atoms with Crippen LogP contribution < -0.4 is 0 Å². The maximum Gasteiger partial charge on any atom is 0.129 e. The van der Waals surface area contributed by atoms with E-state index < -0.39 is 0 Å². The number of aliphatic hydroxyl groups excluding tert-OH is 2. The van der Waals surface area contributed by atoms with E-state index in [1.807, 2.05) is 24.4 Å². The minimum atomic E-state index is -0.225. The maximum atomic E-state index is 11.8. The van der Waals surface area contributed by atoms with Crippen LogP contribution in [-0.2, 0) is 6.42 Å². The number of fused-ring (bicyclic) bond motifs is 6. The number of aryl methyl sites for hydroxylation is 1. The SMILES string of the molecule is C[C@H](CCc1ncc2cccc(Cl)c2n1)[C@H]1CC[C@H]2[C@@H]3CC[C@@H]4C[C@H](O)CC[C@]4(C)C3C[C@H](O)[C@]12C. The Balaban J connectivity index is 1.18. The lowest BCUT2D eigenvalue weighted by Crippen LogP contribution is -2.58. The Labute approximate surface area is 221 Å². The van der Waals surface area contributed by atoms with Crippen molar-refractivity contribution in [3.05, 3.63) is 35.2 Å². The molecule has 10 atom stereocenters. The first-order valence-corrected chi connectivity index (χ1v) is 14.9. The van der Waals surface area contributed by atoms with Crippen LogP contribution in [0.2, 0.25) is 5.02 Å². The van der Waals surface area contributed by atoms with Crippen LogP contribution in [0.25, 0.3) is 10.9 Å². The van der Waals surface area contributed by atoms with Crippen LogP contribution in [-0.4, -0.2) is 32.4 Å². The van der Waals surface area contributed by atoms with Gasteiger partial charge in [-0.25, -0.2) is 9.97 Å². The topological polar surface area (TPSA) is 66.2 Å². The lowest BCUT2D eigenvalue weighted by Gasteiger charge is -2.62. The first-order chi connectivity index (χ1) is 17.2. The number of halogens is 1. The molecule has 1 unspecified atom stereocenters. The molecule has 4 saturated carbocycles. The average molecular weight is 511 g/mol. The van der Waals surface area contributed by atoms with Gasteiger partial charge >= 0.3 is 0 Å². The number of aliphatic hydroxyl groups is 2. The highest BCUT2D eigenvalue weighted by atomic mass is 35.5. The summed E-state index contributed by atoms with van der Waals surface area (Å²) in [5.41, 5.74) is 1.15. The zero-order chi connectivity index (χ0) is 25.2. The molecule has 5 heteroatoms. The van der Waals surface area contributed by atoms with E-state index in [-0.39, 0.29) is 17.6 Å². The molecule has 4 aliphatic carbocycles. The van der Waals surface area contributed by atoms with Gasteiger partial charge in [0.15, 0.2) is 0 Å². The van der Waals surface area contributed by atoms with Gasteiger partial charge in [-0.15, -0.1) is 0 Å². The number of hydrogen-bond donors (Lipinski definition) is 2. The van der Waals surface area contributed by atoms with E-state index in [0.717, 1.165) is 61.2 Å². The Morgan fingerprint density at radius 1 is 1.06 bits per heavy atom. The van der Waals surface area contributed by atoms with E-state index in [9.17, 15) is 10.2 Å². The molecule has 4 nitrogen and oxygen atoms in total. The monoisotopic (exact) mass is 510 g/mol. The van der Waals surface area contributed by atoms with Gasteiger partial charge < -0.3 is 10.2 Å². The molecule has 2 N–H and O–H groups in total. The molecular formula is C31H43ClN2O2. The lowest BCUT2D eigenvalue weighted by atomic mass is 9.43. The summed E-state index contributed by atoms with van der Waals surface area (Å²) in [7, 11) is 0. The van der Waals surface area contributed by atoms with Crippen molar-refractivity contribution >= 4 is 22.5 Å². The van der Waals surface area contributed by atoms with Crippen LogP contribution in [0.1, 0.15) is 84.4 Å². The normalized spacial score (nSPS) is 43.0. The van der Waals surface area contributed by atoms with Gasteiger partial charge in [0, 0.05) is 18.0 Å². The summed E-state index contributed by atoms with van der Waals surface area (Å²) < 4.78 is 0. The third-order valence-corrected chi connectivity index (χ3v) is 12.2. The molecule has 1 aromatic carbocycles. The minimum Gasteiger partial charge on any atom is -0.393 e. The summed E-state index contributed by atoms with van der Waals surface area (Å²) in [4.78, 5) is 9.41. The Morgan fingerprint density at radius 3 is 2.72 bits per heavy atom. The predicted molar refractivity (Wildman–Crippen MR) is 145 cm³/mol. The molecule has 1 heterocycles. The summed E-state index contributed by atoms with van der Waals surface area (Å²) >= 11 is 6.39. The summed E-state index contributed by atoms with van der Waals surface area (Å²) in [5, 5.41) is 23.8. The molecule has 0 bridgehead atoms.